The van der Waals surface area contributed by atoms with Gasteiger partial charge in [-0.1, -0.05) is 0 Å². The van der Waals surface area contributed by atoms with Crippen LogP contribution in [0.5, 0.6) is 0 Å². The van der Waals surface area contributed by atoms with Crippen LogP contribution in [0.1, 0.15) is 19.8 Å². The van der Waals surface area contributed by atoms with Gasteiger partial charge in [0, 0.05) is 20.1 Å². The molecule has 0 bridgehead atoms. The van der Waals surface area contributed by atoms with Gasteiger partial charge >= 0.3 is 12.0 Å². The van der Waals surface area contributed by atoms with Gasteiger partial charge in [-0.3, -0.25) is 4.79 Å². The van der Waals surface area contributed by atoms with E-state index in [4.69, 9.17) is 9.84 Å². The molecule has 0 spiro atoms. The number of nitrogens with zero attached hydrogens (tertiary/aromatic N) is 2. The molecule has 0 aromatic heterocycles. The average molecular weight is 274 g/mol. The average Bonchev–Trinajstić information content (AvgIpc) is 2.35. The monoisotopic (exact) mass is 274 g/mol. The number of carboxylic acids is 1. The van der Waals surface area contributed by atoms with Crippen molar-refractivity contribution >= 4 is 12.0 Å². The van der Waals surface area contributed by atoms with Gasteiger partial charge in [0.1, 0.15) is 0 Å². The number of ether oxygens (including phenoxy) is 1. The first-order chi connectivity index (χ1) is 8.91. The minimum absolute atomic E-state index is 0.115. The Hall–Kier alpha value is -1.34. The lowest BCUT2D eigenvalue weighted by Gasteiger charge is -2.37. The molecule has 2 unspecified atom stereocenters. The van der Waals surface area contributed by atoms with E-state index < -0.39 is 18.1 Å². The Balaban J connectivity index is 2.58. The summed E-state index contributed by atoms with van der Waals surface area (Å²) in [5, 5.41) is 18.1. The number of rotatable bonds is 5. The zero-order valence-corrected chi connectivity index (χ0v) is 11.4. The van der Waals surface area contributed by atoms with E-state index in [2.05, 4.69) is 0 Å². The quantitative estimate of drug-likeness (QED) is 0.735. The summed E-state index contributed by atoms with van der Waals surface area (Å²) in [4.78, 5) is 26.1. The number of morpholine rings is 1. The van der Waals surface area contributed by atoms with Gasteiger partial charge in [-0.25, -0.2) is 4.79 Å². The second-order valence-corrected chi connectivity index (χ2v) is 4.86. The lowest BCUT2D eigenvalue weighted by Crippen LogP contribution is -2.53. The molecule has 7 nitrogen and oxygen atoms in total. The molecule has 2 atom stereocenters. The SMILES string of the molecule is CC(O)CCN(C)C(=O)N1CCOCC1CC(=O)O. The van der Waals surface area contributed by atoms with Crippen LogP contribution in [0.25, 0.3) is 0 Å². The van der Waals surface area contributed by atoms with Crippen LogP contribution in [0.2, 0.25) is 0 Å². The van der Waals surface area contributed by atoms with Crippen molar-refractivity contribution in [3.63, 3.8) is 0 Å². The number of amides is 2. The van der Waals surface area contributed by atoms with Gasteiger partial charge in [0.2, 0.25) is 0 Å². The van der Waals surface area contributed by atoms with E-state index in [1.807, 2.05) is 0 Å². The molecule has 1 rings (SSSR count). The first kappa shape index (κ1) is 15.7. The first-order valence-corrected chi connectivity index (χ1v) is 6.41. The van der Waals surface area contributed by atoms with E-state index in [0.717, 1.165) is 0 Å². The molecule has 0 radical (unpaired) electrons. The molecule has 1 heterocycles. The molecule has 1 aliphatic rings. The lowest BCUT2D eigenvalue weighted by molar-refractivity contribution is -0.139. The lowest BCUT2D eigenvalue weighted by atomic mass is 10.1. The van der Waals surface area contributed by atoms with Crippen molar-refractivity contribution in [3.05, 3.63) is 0 Å². The van der Waals surface area contributed by atoms with Crippen molar-refractivity contribution in [1.29, 1.82) is 0 Å². The summed E-state index contributed by atoms with van der Waals surface area (Å²) in [5.41, 5.74) is 0. The summed E-state index contributed by atoms with van der Waals surface area (Å²) in [5.74, 6) is -0.945. The summed E-state index contributed by atoms with van der Waals surface area (Å²) < 4.78 is 5.23. The smallest absolute Gasteiger partial charge is 0.320 e. The molecular formula is C12H22N2O5. The van der Waals surface area contributed by atoms with Crippen LogP contribution in [0.15, 0.2) is 0 Å². The van der Waals surface area contributed by atoms with E-state index >= 15 is 0 Å². The third-order valence-corrected chi connectivity index (χ3v) is 3.09. The van der Waals surface area contributed by atoms with Crippen LogP contribution in [0.4, 0.5) is 4.79 Å². The highest BCUT2D eigenvalue weighted by Crippen LogP contribution is 2.13. The second kappa shape index (κ2) is 7.30. The van der Waals surface area contributed by atoms with E-state index in [9.17, 15) is 14.7 Å². The largest absolute Gasteiger partial charge is 0.481 e. The minimum Gasteiger partial charge on any atom is -0.481 e. The van der Waals surface area contributed by atoms with Gasteiger partial charge in [0.25, 0.3) is 0 Å². The van der Waals surface area contributed by atoms with E-state index in [1.54, 1.807) is 18.9 Å². The second-order valence-electron chi connectivity index (χ2n) is 4.86. The predicted octanol–water partition coefficient (Wildman–Crippen LogP) is -0.0154. The van der Waals surface area contributed by atoms with Crippen LogP contribution < -0.4 is 0 Å². The van der Waals surface area contributed by atoms with Gasteiger partial charge in [-0.05, 0) is 13.3 Å². The molecule has 0 aromatic rings. The van der Waals surface area contributed by atoms with Crippen LogP contribution in [-0.4, -0.2) is 77.5 Å². The minimum atomic E-state index is -0.945. The molecule has 0 saturated carbocycles. The summed E-state index contributed by atoms with van der Waals surface area (Å²) in [6, 6.07) is -0.636. The van der Waals surface area contributed by atoms with E-state index in [0.29, 0.717) is 26.1 Å². The number of carbonyl (C=O) groups is 2. The molecule has 1 aliphatic heterocycles. The summed E-state index contributed by atoms with van der Waals surface area (Å²) in [6.07, 6.45) is -0.0821. The molecule has 19 heavy (non-hydrogen) atoms. The Morgan fingerprint density at radius 2 is 2.21 bits per heavy atom. The fourth-order valence-corrected chi connectivity index (χ4v) is 1.97. The molecule has 1 saturated heterocycles. The van der Waals surface area contributed by atoms with Crippen molar-refractivity contribution in [2.45, 2.75) is 31.9 Å². The van der Waals surface area contributed by atoms with Gasteiger partial charge in [-0.2, -0.15) is 0 Å². The number of urea groups is 1. The van der Waals surface area contributed by atoms with Crippen LogP contribution in [0.3, 0.4) is 0 Å². The Labute approximate surface area is 112 Å². The number of carbonyl (C=O) groups excluding carboxylic acids is 1. The third-order valence-electron chi connectivity index (χ3n) is 3.09. The van der Waals surface area contributed by atoms with Crippen molar-refractivity contribution in [1.82, 2.24) is 9.80 Å². The van der Waals surface area contributed by atoms with Crippen LogP contribution in [0, 0.1) is 0 Å². The van der Waals surface area contributed by atoms with Crippen molar-refractivity contribution in [2.75, 3.05) is 33.4 Å². The zero-order chi connectivity index (χ0) is 14.4. The first-order valence-electron chi connectivity index (χ1n) is 6.41. The van der Waals surface area contributed by atoms with Gasteiger partial charge in [0.05, 0.1) is 31.8 Å². The van der Waals surface area contributed by atoms with Gasteiger partial charge in [-0.15, -0.1) is 0 Å². The summed E-state index contributed by atoms with van der Waals surface area (Å²) in [6.45, 7) is 3.18. The molecule has 7 heteroatoms. The molecule has 2 amide bonds. The van der Waals surface area contributed by atoms with Crippen molar-refractivity contribution < 1.29 is 24.5 Å². The summed E-state index contributed by atoms with van der Waals surface area (Å²) >= 11 is 0. The fourth-order valence-electron chi connectivity index (χ4n) is 1.97. The number of aliphatic hydroxyl groups excluding tert-OH is 1. The zero-order valence-electron chi connectivity index (χ0n) is 11.4. The van der Waals surface area contributed by atoms with Crippen LogP contribution in [-0.2, 0) is 9.53 Å². The molecular weight excluding hydrogens is 252 g/mol. The molecule has 2 N–H and O–H groups in total. The number of carboxylic acid groups (broad SMARTS) is 1. The Kier molecular flexibility index (Phi) is 6.04. The fraction of sp³-hybridized carbons (Fsp3) is 0.833. The normalized spacial score (nSPS) is 21.0. The predicted molar refractivity (Wildman–Crippen MR) is 67.9 cm³/mol. The maximum atomic E-state index is 12.2. The maximum Gasteiger partial charge on any atom is 0.320 e. The van der Waals surface area contributed by atoms with Gasteiger partial charge < -0.3 is 24.7 Å². The highest BCUT2D eigenvalue weighted by molar-refractivity contribution is 5.76. The number of hydrogen-bond acceptors (Lipinski definition) is 4. The van der Waals surface area contributed by atoms with Crippen molar-refractivity contribution in [2.24, 2.45) is 0 Å². The Morgan fingerprint density at radius 1 is 1.53 bits per heavy atom. The topological polar surface area (TPSA) is 90.3 Å². The number of hydrogen-bond donors (Lipinski definition) is 2. The highest BCUT2D eigenvalue weighted by atomic mass is 16.5. The van der Waals surface area contributed by atoms with E-state index in [-0.39, 0.29) is 19.1 Å². The molecule has 110 valence electrons. The Bertz CT molecular complexity index is 321. The maximum absolute atomic E-state index is 12.2. The molecule has 0 aromatic carbocycles. The number of aliphatic hydroxyl groups is 1. The van der Waals surface area contributed by atoms with Crippen molar-refractivity contribution in [3.8, 4) is 0 Å². The standard InChI is InChI=1S/C12H22N2O5/c1-9(15)3-4-13(2)12(18)14-5-6-19-8-10(14)7-11(16)17/h9-10,15H,3-8H2,1-2H3,(H,16,17). The Morgan fingerprint density at radius 3 is 2.79 bits per heavy atom. The number of aliphatic carboxylic acids is 1. The third kappa shape index (κ3) is 5.04. The highest BCUT2D eigenvalue weighted by Gasteiger charge is 2.30. The summed E-state index contributed by atoms with van der Waals surface area (Å²) in [7, 11) is 1.65. The van der Waals surface area contributed by atoms with Crippen LogP contribution >= 0.6 is 0 Å². The molecule has 0 aliphatic carbocycles. The molecule has 1 fully saturated rings. The van der Waals surface area contributed by atoms with Gasteiger partial charge in [0.15, 0.2) is 0 Å². The van der Waals surface area contributed by atoms with E-state index in [1.165, 1.54) is 4.90 Å².